The molecular formula is C18H31N3O. The number of anilines is 1. The molecule has 0 saturated carbocycles. The molecule has 1 aromatic carbocycles. The van der Waals surface area contributed by atoms with Gasteiger partial charge in [0.1, 0.15) is 0 Å². The van der Waals surface area contributed by atoms with Crippen molar-refractivity contribution < 1.29 is 4.74 Å². The van der Waals surface area contributed by atoms with Gasteiger partial charge in [0.15, 0.2) is 0 Å². The van der Waals surface area contributed by atoms with E-state index in [-0.39, 0.29) is 0 Å². The smallest absolute Gasteiger partial charge is 0.0633 e. The fourth-order valence-electron chi connectivity index (χ4n) is 3.10. The molecule has 4 heteroatoms. The van der Waals surface area contributed by atoms with Crippen molar-refractivity contribution in [2.45, 2.75) is 32.4 Å². The summed E-state index contributed by atoms with van der Waals surface area (Å²) >= 11 is 0. The van der Waals surface area contributed by atoms with Crippen LogP contribution in [0.4, 0.5) is 5.69 Å². The summed E-state index contributed by atoms with van der Waals surface area (Å²) in [7, 11) is 6.05. The SMILES string of the molecule is COCC1CN(c2ccc(C(C)C)cc2CN(C)C)CCN1. The average molecular weight is 305 g/mol. The van der Waals surface area contributed by atoms with Gasteiger partial charge in [0.05, 0.1) is 6.61 Å². The Balaban J connectivity index is 2.24. The molecule has 0 amide bonds. The molecule has 0 aromatic heterocycles. The van der Waals surface area contributed by atoms with Crippen molar-refractivity contribution in [2.75, 3.05) is 52.3 Å². The van der Waals surface area contributed by atoms with E-state index in [9.17, 15) is 0 Å². The average Bonchev–Trinajstić information content (AvgIpc) is 2.47. The molecule has 2 rings (SSSR count). The van der Waals surface area contributed by atoms with Crippen LogP contribution < -0.4 is 10.2 Å². The molecule has 0 radical (unpaired) electrons. The molecule has 0 bridgehead atoms. The lowest BCUT2D eigenvalue weighted by Crippen LogP contribution is -2.52. The van der Waals surface area contributed by atoms with Crippen molar-refractivity contribution in [1.29, 1.82) is 0 Å². The molecule has 0 aliphatic carbocycles. The van der Waals surface area contributed by atoms with Crippen LogP contribution in [0.1, 0.15) is 30.9 Å². The van der Waals surface area contributed by atoms with E-state index >= 15 is 0 Å². The van der Waals surface area contributed by atoms with Gasteiger partial charge in [0.2, 0.25) is 0 Å². The van der Waals surface area contributed by atoms with E-state index in [0.717, 1.165) is 32.8 Å². The zero-order valence-electron chi connectivity index (χ0n) is 14.7. The maximum atomic E-state index is 5.31. The highest BCUT2D eigenvalue weighted by Gasteiger charge is 2.21. The lowest BCUT2D eigenvalue weighted by atomic mass is 9.98. The van der Waals surface area contributed by atoms with Crippen molar-refractivity contribution in [3.05, 3.63) is 29.3 Å². The summed E-state index contributed by atoms with van der Waals surface area (Å²) in [6, 6.07) is 7.39. The fraction of sp³-hybridized carbons (Fsp3) is 0.667. The Hall–Kier alpha value is -1.10. The zero-order valence-corrected chi connectivity index (χ0v) is 14.7. The quantitative estimate of drug-likeness (QED) is 0.873. The Morgan fingerprint density at radius 1 is 1.36 bits per heavy atom. The first-order valence-electron chi connectivity index (χ1n) is 8.26. The van der Waals surface area contributed by atoms with E-state index in [1.54, 1.807) is 7.11 Å². The summed E-state index contributed by atoms with van der Waals surface area (Å²) in [5.41, 5.74) is 4.22. The van der Waals surface area contributed by atoms with Gasteiger partial charge in [-0.05, 0) is 37.2 Å². The number of piperazine rings is 1. The number of methoxy groups -OCH3 is 1. The summed E-state index contributed by atoms with van der Waals surface area (Å²) in [6.45, 7) is 9.35. The molecule has 1 fully saturated rings. The van der Waals surface area contributed by atoms with Gasteiger partial charge in [-0.25, -0.2) is 0 Å². The van der Waals surface area contributed by atoms with Gasteiger partial charge in [-0.2, -0.15) is 0 Å². The number of benzene rings is 1. The molecule has 124 valence electrons. The summed E-state index contributed by atoms with van der Waals surface area (Å²) in [4.78, 5) is 4.75. The predicted octanol–water partition coefficient (Wildman–Crippen LogP) is 2.30. The minimum Gasteiger partial charge on any atom is -0.383 e. The van der Waals surface area contributed by atoms with Crippen LogP contribution in [0, 0.1) is 0 Å². The summed E-state index contributed by atoms with van der Waals surface area (Å²) in [5, 5.41) is 3.53. The molecule has 22 heavy (non-hydrogen) atoms. The lowest BCUT2D eigenvalue weighted by Gasteiger charge is -2.36. The number of rotatable bonds is 6. The molecule has 1 aliphatic rings. The van der Waals surface area contributed by atoms with Crippen LogP contribution in [0.5, 0.6) is 0 Å². The standard InChI is InChI=1S/C18H31N3O/c1-14(2)15-6-7-18(16(10-15)11-20(3)4)21-9-8-19-17(12-21)13-22-5/h6-7,10,14,17,19H,8-9,11-13H2,1-5H3. The Bertz CT molecular complexity index is 471. The topological polar surface area (TPSA) is 27.7 Å². The Morgan fingerprint density at radius 3 is 2.77 bits per heavy atom. The molecule has 1 saturated heterocycles. The molecule has 1 aliphatic heterocycles. The van der Waals surface area contributed by atoms with Gasteiger partial charge >= 0.3 is 0 Å². The Morgan fingerprint density at radius 2 is 2.14 bits per heavy atom. The number of nitrogens with one attached hydrogen (secondary N) is 1. The molecule has 1 heterocycles. The molecule has 1 unspecified atom stereocenters. The van der Waals surface area contributed by atoms with E-state index in [1.807, 2.05) is 0 Å². The molecule has 1 aromatic rings. The molecule has 4 nitrogen and oxygen atoms in total. The lowest BCUT2D eigenvalue weighted by molar-refractivity contribution is 0.163. The third-order valence-electron chi connectivity index (χ3n) is 4.22. The zero-order chi connectivity index (χ0) is 16.1. The third-order valence-corrected chi connectivity index (χ3v) is 4.22. The maximum Gasteiger partial charge on any atom is 0.0633 e. The van der Waals surface area contributed by atoms with Crippen LogP contribution >= 0.6 is 0 Å². The largest absolute Gasteiger partial charge is 0.383 e. The maximum absolute atomic E-state index is 5.31. The second-order valence-corrected chi connectivity index (χ2v) is 6.83. The molecule has 1 atom stereocenters. The van der Waals surface area contributed by atoms with Crippen molar-refractivity contribution in [2.24, 2.45) is 0 Å². The van der Waals surface area contributed by atoms with Crippen LogP contribution in [-0.2, 0) is 11.3 Å². The highest BCUT2D eigenvalue weighted by molar-refractivity contribution is 5.56. The third kappa shape index (κ3) is 4.45. The summed E-state index contributed by atoms with van der Waals surface area (Å²) < 4.78 is 5.31. The van der Waals surface area contributed by atoms with Gasteiger partial charge in [-0.3, -0.25) is 0 Å². The highest BCUT2D eigenvalue weighted by atomic mass is 16.5. The van der Waals surface area contributed by atoms with Crippen molar-refractivity contribution >= 4 is 5.69 Å². The van der Waals surface area contributed by atoms with E-state index in [2.05, 4.69) is 61.3 Å². The predicted molar refractivity (Wildman–Crippen MR) is 93.8 cm³/mol. The van der Waals surface area contributed by atoms with Crippen LogP contribution in [0.25, 0.3) is 0 Å². The van der Waals surface area contributed by atoms with Crippen LogP contribution in [0.2, 0.25) is 0 Å². The molecular weight excluding hydrogens is 274 g/mol. The normalized spacial score (nSPS) is 19.2. The number of nitrogens with zero attached hydrogens (tertiary/aromatic N) is 2. The first-order chi connectivity index (χ1) is 10.5. The Kier molecular flexibility index (Phi) is 6.24. The second-order valence-electron chi connectivity index (χ2n) is 6.83. The molecule has 0 spiro atoms. The van der Waals surface area contributed by atoms with Gasteiger partial charge in [-0.1, -0.05) is 26.0 Å². The van der Waals surface area contributed by atoms with Crippen molar-refractivity contribution in [1.82, 2.24) is 10.2 Å². The monoisotopic (exact) mass is 305 g/mol. The minimum absolute atomic E-state index is 0.413. The van der Waals surface area contributed by atoms with Crippen LogP contribution in [-0.4, -0.2) is 58.4 Å². The van der Waals surface area contributed by atoms with Gasteiger partial charge in [-0.15, -0.1) is 0 Å². The van der Waals surface area contributed by atoms with Crippen molar-refractivity contribution in [3.8, 4) is 0 Å². The second kappa shape index (κ2) is 7.95. The van der Waals surface area contributed by atoms with Gasteiger partial charge < -0.3 is 19.9 Å². The van der Waals surface area contributed by atoms with Gasteiger partial charge in [0.25, 0.3) is 0 Å². The fourth-order valence-corrected chi connectivity index (χ4v) is 3.10. The van der Waals surface area contributed by atoms with Crippen LogP contribution in [0.15, 0.2) is 18.2 Å². The van der Waals surface area contributed by atoms with E-state index in [0.29, 0.717) is 12.0 Å². The molecule has 1 N–H and O–H groups in total. The highest BCUT2D eigenvalue weighted by Crippen LogP contribution is 2.27. The van der Waals surface area contributed by atoms with Crippen LogP contribution in [0.3, 0.4) is 0 Å². The minimum atomic E-state index is 0.413. The number of ether oxygens (including phenoxy) is 1. The summed E-state index contributed by atoms with van der Waals surface area (Å²) in [5.74, 6) is 0.569. The summed E-state index contributed by atoms with van der Waals surface area (Å²) in [6.07, 6.45) is 0. The van der Waals surface area contributed by atoms with Gasteiger partial charge in [0, 0.05) is 45.0 Å². The van der Waals surface area contributed by atoms with E-state index in [4.69, 9.17) is 4.74 Å². The van der Waals surface area contributed by atoms with Crippen molar-refractivity contribution in [3.63, 3.8) is 0 Å². The Labute approximate surface area is 135 Å². The first-order valence-corrected chi connectivity index (χ1v) is 8.26. The van der Waals surface area contributed by atoms with E-state index in [1.165, 1.54) is 16.8 Å². The number of hydrogen-bond acceptors (Lipinski definition) is 4. The van der Waals surface area contributed by atoms with E-state index < -0.39 is 0 Å². The first kappa shape index (κ1) is 17.3. The number of hydrogen-bond donors (Lipinski definition) is 1.